The van der Waals surface area contributed by atoms with E-state index in [0.29, 0.717) is 21.3 Å². The highest BCUT2D eigenvalue weighted by molar-refractivity contribution is 9.10. The van der Waals surface area contributed by atoms with Crippen molar-refractivity contribution >= 4 is 50.5 Å². The Labute approximate surface area is 123 Å². The van der Waals surface area contributed by atoms with Crippen molar-refractivity contribution in [1.29, 1.82) is 5.26 Å². The van der Waals surface area contributed by atoms with Gasteiger partial charge in [0.25, 0.3) is 0 Å². The molecule has 1 N–H and O–H groups in total. The van der Waals surface area contributed by atoms with Crippen LogP contribution in [0.25, 0.3) is 0 Å². The van der Waals surface area contributed by atoms with Crippen LogP contribution in [-0.4, -0.2) is 0 Å². The number of hydrogen-bond acceptors (Lipinski definition) is 2. The summed E-state index contributed by atoms with van der Waals surface area (Å²) in [5.74, 6) is 0. The van der Waals surface area contributed by atoms with E-state index in [1.54, 1.807) is 24.3 Å². The number of halogens is 3. The summed E-state index contributed by atoms with van der Waals surface area (Å²) >= 11 is 15.4. The van der Waals surface area contributed by atoms with Crippen LogP contribution in [0.3, 0.4) is 0 Å². The molecule has 0 aliphatic rings. The monoisotopic (exact) mass is 340 g/mol. The summed E-state index contributed by atoms with van der Waals surface area (Å²) in [7, 11) is 0. The Morgan fingerprint density at radius 1 is 1.06 bits per heavy atom. The molecule has 0 atom stereocenters. The molecule has 0 unspecified atom stereocenters. The molecule has 0 spiro atoms. The molecule has 5 heteroatoms. The van der Waals surface area contributed by atoms with Crippen LogP contribution in [0, 0.1) is 11.3 Å². The van der Waals surface area contributed by atoms with Crippen LogP contribution in [0.1, 0.15) is 5.56 Å². The van der Waals surface area contributed by atoms with Crippen LogP contribution < -0.4 is 5.32 Å². The minimum absolute atomic E-state index is 0.401. The smallest absolute Gasteiger partial charge is 0.103 e. The van der Waals surface area contributed by atoms with Gasteiger partial charge in [-0.2, -0.15) is 5.26 Å². The van der Waals surface area contributed by atoms with Gasteiger partial charge in [-0.05, 0) is 30.3 Å². The first kappa shape index (κ1) is 13.2. The maximum Gasteiger partial charge on any atom is 0.103 e. The highest BCUT2D eigenvalue weighted by Crippen LogP contribution is 2.31. The standard InChI is InChI=1S/C13H7BrCl2N2/c14-8-4-5-13(11(16)6-8)18-12-3-1-2-10(15)9(12)7-17/h1-6,18H. The number of anilines is 2. The molecule has 0 amide bonds. The predicted molar refractivity (Wildman–Crippen MR) is 78.6 cm³/mol. The van der Waals surface area contributed by atoms with Gasteiger partial charge in [-0.15, -0.1) is 0 Å². The summed E-state index contributed by atoms with van der Waals surface area (Å²) in [6.45, 7) is 0. The van der Waals surface area contributed by atoms with Crippen LogP contribution in [0.15, 0.2) is 40.9 Å². The van der Waals surface area contributed by atoms with Crippen molar-refractivity contribution in [3.05, 3.63) is 56.5 Å². The van der Waals surface area contributed by atoms with Crippen molar-refractivity contribution in [1.82, 2.24) is 0 Å². The lowest BCUT2D eigenvalue weighted by atomic mass is 10.2. The summed E-state index contributed by atoms with van der Waals surface area (Å²) in [5.41, 5.74) is 1.76. The first-order valence-corrected chi connectivity index (χ1v) is 6.57. The van der Waals surface area contributed by atoms with Crippen LogP contribution in [0.2, 0.25) is 10.0 Å². The zero-order chi connectivity index (χ0) is 13.1. The van der Waals surface area contributed by atoms with Crippen LogP contribution in [-0.2, 0) is 0 Å². The fourth-order valence-corrected chi connectivity index (χ4v) is 2.42. The number of rotatable bonds is 2. The van der Waals surface area contributed by atoms with Gasteiger partial charge in [0.05, 0.1) is 27.0 Å². The number of benzene rings is 2. The SMILES string of the molecule is N#Cc1c(Cl)cccc1Nc1ccc(Br)cc1Cl. The fraction of sp³-hybridized carbons (Fsp3) is 0. The number of hydrogen-bond donors (Lipinski definition) is 1. The van der Waals surface area contributed by atoms with E-state index in [1.807, 2.05) is 12.1 Å². The average Bonchev–Trinajstić information content (AvgIpc) is 2.33. The number of nitrogens with zero attached hydrogens (tertiary/aromatic N) is 1. The summed E-state index contributed by atoms with van der Waals surface area (Å²) in [6.07, 6.45) is 0. The average molecular weight is 342 g/mol. The van der Waals surface area contributed by atoms with Crippen molar-refractivity contribution in [2.45, 2.75) is 0 Å². The number of nitrogens with one attached hydrogen (secondary N) is 1. The Kier molecular flexibility index (Phi) is 4.13. The van der Waals surface area contributed by atoms with Crippen molar-refractivity contribution in [2.75, 3.05) is 5.32 Å². The molecule has 90 valence electrons. The lowest BCUT2D eigenvalue weighted by molar-refractivity contribution is 1.46. The molecule has 0 fully saturated rings. The molecule has 0 bridgehead atoms. The minimum atomic E-state index is 0.401. The van der Waals surface area contributed by atoms with Crippen LogP contribution in [0.5, 0.6) is 0 Å². The van der Waals surface area contributed by atoms with E-state index < -0.39 is 0 Å². The molecule has 0 heterocycles. The van der Waals surface area contributed by atoms with E-state index >= 15 is 0 Å². The quantitative estimate of drug-likeness (QED) is 0.796. The first-order chi connectivity index (χ1) is 8.61. The van der Waals surface area contributed by atoms with E-state index in [0.717, 1.165) is 10.2 Å². The molecule has 0 aliphatic heterocycles. The molecule has 2 nitrogen and oxygen atoms in total. The molecule has 2 aromatic rings. The summed E-state index contributed by atoms with van der Waals surface area (Å²) in [4.78, 5) is 0. The van der Waals surface area contributed by atoms with Crippen molar-refractivity contribution in [3.63, 3.8) is 0 Å². The van der Waals surface area contributed by atoms with E-state index in [1.165, 1.54) is 0 Å². The van der Waals surface area contributed by atoms with E-state index in [2.05, 4.69) is 27.3 Å². The molecular formula is C13H7BrCl2N2. The lowest BCUT2D eigenvalue weighted by Crippen LogP contribution is -1.94. The predicted octanol–water partition coefficient (Wildman–Crippen LogP) is 5.37. The third-order valence-electron chi connectivity index (χ3n) is 2.33. The largest absolute Gasteiger partial charge is 0.353 e. The van der Waals surface area contributed by atoms with Gasteiger partial charge in [0.15, 0.2) is 0 Å². The molecule has 2 rings (SSSR count). The zero-order valence-corrected chi connectivity index (χ0v) is 12.1. The summed E-state index contributed by atoms with van der Waals surface area (Å²) < 4.78 is 0.893. The topological polar surface area (TPSA) is 35.8 Å². The third kappa shape index (κ3) is 2.78. The van der Waals surface area contributed by atoms with Gasteiger partial charge in [0.2, 0.25) is 0 Å². The lowest BCUT2D eigenvalue weighted by Gasteiger charge is -2.10. The Morgan fingerprint density at radius 3 is 2.50 bits per heavy atom. The summed E-state index contributed by atoms with van der Waals surface area (Å²) in [5, 5.41) is 13.2. The van der Waals surface area contributed by atoms with Gasteiger partial charge in [-0.1, -0.05) is 45.2 Å². The van der Waals surface area contributed by atoms with Gasteiger partial charge in [0.1, 0.15) is 6.07 Å². The Morgan fingerprint density at radius 2 is 1.83 bits per heavy atom. The highest BCUT2D eigenvalue weighted by Gasteiger charge is 2.08. The Balaban J connectivity index is 2.41. The summed E-state index contributed by atoms with van der Waals surface area (Å²) in [6, 6.07) is 12.8. The fourth-order valence-electron chi connectivity index (χ4n) is 1.48. The second kappa shape index (κ2) is 5.62. The zero-order valence-electron chi connectivity index (χ0n) is 9.05. The molecular weight excluding hydrogens is 335 g/mol. The van der Waals surface area contributed by atoms with Gasteiger partial charge in [-0.3, -0.25) is 0 Å². The van der Waals surface area contributed by atoms with E-state index in [4.69, 9.17) is 28.5 Å². The molecule has 0 radical (unpaired) electrons. The van der Waals surface area contributed by atoms with Gasteiger partial charge >= 0.3 is 0 Å². The Bertz CT molecular complexity index is 635. The van der Waals surface area contributed by atoms with Crippen LogP contribution in [0.4, 0.5) is 11.4 Å². The van der Waals surface area contributed by atoms with Gasteiger partial charge in [-0.25, -0.2) is 0 Å². The normalized spacial score (nSPS) is 9.89. The molecule has 18 heavy (non-hydrogen) atoms. The molecule has 0 aromatic heterocycles. The maximum atomic E-state index is 9.08. The molecule has 0 saturated carbocycles. The van der Waals surface area contributed by atoms with Gasteiger partial charge < -0.3 is 5.32 Å². The molecule has 2 aromatic carbocycles. The van der Waals surface area contributed by atoms with E-state index in [9.17, 15) is 0 Å². The second-order valence-electron chi connectivity index (χ2n) is 3.52. The van der Waals surface area contributed by atoms with Crippen LogP contribution >= 0.6 is 39.1 Å². The highest BCUT2D eigenvalue weighted by atomic mass is 79.9. The minimum Gasteiger partial charge on any atom is -0.353 e. The third-order valence-corrected chi connectivity index (χ3v) is 3.45. The Hall–Kier alpha value is -1.21. The van der Waals surface area contributed by atoms with Crippen molar-refractivity contribution in [2.24, 2.45) is 0 Å². The maximum absolute atomic E-state index is 9.08. The number of nitriles is 1. The van der Waals surface area contributed by atoms with Gasteiger partial charge in [0, 0.05) is 4.47 Å². The van der Waals surface area contributed by atoms with Crippen molar-refractivity contribution < 1.29 is 0 Å². The first-order valence-electron chi connectivity index (χ1n) is 5.02. The molecule has 0 aliphatic carbocycles. The van der Waals surface area contributed by atoms with Crippen molar-refractivity contribution in [3.8, 4) is 6.07 Å². The second-order valence-corrected chi connectivity index (χ2v) is 5.25. The molecule has 0 saturated heterocycles. The van der Waals surface area contributed by atoms with E-state index in [-0.39, 0.29) is 0 Å².